The van der Waals surface area contributed by atoms with Crippen LogP contribution in [0.15, 0.2) is 54.6 Å². The largest absolute Gasteiger partial charge is 0.351 e. The standard InChI is InChI=1S/C29H35ClN4O2/c1-33-13-9-21(10-14-33)22-11-15-34(16-12-22)29(36)27(17-20-5-3-2-4-6-20)32-28(35)26-19-23-18-24(30)7-8-25(23)31-26/h2-8,18-19,21-22,27,31H,9-17H2,1H3,(H,32,35)/t27-/m1/s1. The first-order chi connectivity index (χ1) is 17.5. The van der Waals surface area contributed by atoms with Crippen LogP contribution in [0.5, 0.6) is 0 Å². The molecule has 0 unspecified atom stereocenters. The Kier molecular flexibility index (Phi) is 7.63. The van der Waals surface area contributed by atoms with Crippen LogP contribution < -0.4 is 5.32 Å². The second kappa shape index (κ2) is 11.1. The maximum absolute atomic E-state index is 13.7. The molecule has 0 radical (unpaired) electrons. The molecule has 36 heavy (non-hydrogen) atoms. The van der Waals surface area contributed by atoms with E-state index in [2.05, 4.69) is 22.2 Å². The summed E-state index contributed by atoms with van der Waals surface area (Å²) in [4.78, 5) is 34.4. The summed E-state index contributed by atoms with van der Waals surface area (Å²) in [6.07, 6.45) is 5.09. The summed E-state index contributed by atoms with van der Waals surface area (Å²) in [6.45, 7) is 3.88. The summed E-state index contributed by atoms with van der Waals surface area (Å²) in [5.41, 5.74) is 2.30. The molecular formula is C29H35ClN4O2. The van der Waals surface area contributed by atoms with E-state index in [0.29, 0.717) is 23.1 Å². The van der Waals surface area contributed by atoms with Gasteiger partial charge in [0.15, 0.2) is 0 Å². The molecule has 5 rings (SSSR count). The van der Waals surface area contributed by atoms with Crippen LogP contribution in [0.2, 0.25) is 5.02 Å². The van der Waals surface area contributed by atoms with Crippen LogP contribution in [0, 0.1) is 11.8 Å². The first-order valence-electron chi connectivity index (χ1n) is 13.1. The summed E-state index contributed by atoms with van der Waals surface area (Å²) in [5.74, 6) is 1.20. The normalized spacial score (nSPS) is 18.9. The number of halogens is 1. The monoisotopic (exact) mass is 506 g/mol. The van der Waals surface area contributed by atoms with Gasteiger partial charge in [0.05, 0.1) is 0 Å². The van der Waals surface area contributed by atoms with Crippen molar-refractivity contribution < 1.29 is 9.59 Å². The number of rotatable bonds is 6. The zero-order valence-corrected chi connectivity index (χ0v) is 21.6. The fraction of sp³-hybridized carbons (Fsp3) is 0.448. The second-order valence-corrected chi connectivity index (χ2v) is 10.9. The fourth-order valence-corrected chi connectivity index (χ4v) is 6.00. The van der Waals surface area contributed by atoms with E-state index in [1.165, 1.54) is 25.9 Å². The van der Waals surface area contributed by atoms with E-state index in [1.807, 2.05) is 47.4 Å². The van der Waals surface area contributed by atoms with Crippen LogP contribution in [0.1, 0.15) is 41.7 Å². The molecule has 0 spiro atoms. The lowest BCUT2D eigenvalue weighted by atomic mass is 9.79. The molecule has 2 N–H and O–H groups in total. The molecule has 7 heteroatoms. The molecule has 2 aliphatic rings. The lowest BCUT2D eigenvalue weighted by Crippen LogP contribution is -2.52. The minimum Gasteiger partial charge on any atom is -0.351 e. The number of hydrogen-bond donors (Lipinski definition) is 2. The van der Waals surface area contributed by atoms with E-state index in [1.54, 1.807) is 12.1 Å². The van der Waals surface area contributed by atoms with Gasteiger partial charge in [-0.05, 0) is 87.5 Å². The number of aromatic nitrogens is 1. The maximum Gasteiger partial charge on any atom is 0.268 e. The third-order valence-corrected chi connectivity index (χ3v) is 8.23. The van der Waals surface area contributed by atoms with Crippen molar-refractivity contribution in [2.75, 3.05) is 33.2 Å². The van der Waals surface area contributed by atoms with Crippen LogP contribution in [-0.4, -0.2) is 65.9 Å². The number of nitrogens with zero attached hydrogens (tertiary/aromatic N) is 2. The van der Waals surface area contributed by atoms with Gasteiger partial charge in [-0.15, -0.1) is 0 Å². The molecule has 2 aromatic carbocycles. The van der Waals surface area contributed by atoms with Crippen molar-refractivity contribution in [3.63, 3.8) is 0 Å². The number of piperidine rings is 2. The van der Waals surface area contributed by atoms with Gasteiger partial charge < -0.3 is 20.1 Å². The Morgan fingerprint density at radius 1 is 0.972 bits per heavy atom. The molecule has 3 heterocycles. The highest BCUT2D eigenvalue weighted by atomic mass is 35.5. The van der Waals surface area contributed by atoms with Crippen LogP contribution in [0.4, 0.5) is 0 Å². The van der Waals surface area contributed by atoms with Crippen LogP contribution in [-0.2, 0) is 11.2 Å². The van der Waals surface area contributed by atoms with Gasteiger partial charge in [-0.3, -0.25) is 9.59 Å². The van der Waals surface area contributed by atoms with E-state index >= 15 is 0 Å². The number of carbonyl (C=O) groups is 2. The number of benzene rings is 2. The van der Waals surface area contributed by atoms with E-state index in [-0.39, 0.29) is 11.8 Å². The third-order valence-electron chi connectivity index (χ3n) is 7.99. The number of aromatic amines is 1. The lowest BCUT2D eigenvalue weighted by Gasteiger charge is -2.40. The number of fused-ring (bicyclic) bond motifs is 1. The third kappa shape index (κ3) is 5.76. The van der Waals surface area contributed by atoms with E-state index in [4.69, 9.17) is 11.6 Å². The fourth-order valence-electron chi connectivity index (χ4n) is 5.82. The van der Waals surface area contributed by atoms with Crippen molar-refractivity contribution in [1.82, 2.24) is 20.1 Å². The molecule has 0 aliphatic carbocycles. The number of nitrogens with one attached hydrogen (secondary N) is 2. The van der Waals surface area contributed by atoms with Crippen molar-refractivity contribution in [1.29, 1.82) is 0 Å². The Labute approximate surface area is 218 Å². The average molecular weight is 507 g/mol. The molecule has 2 aliphatic heterocycles. The van der Waals surface area contributed by atoms with Gasteiger partial charge >= 0.3 is 0 Å². The van der Waals surface area contributed by atoms with Crippen molar-refractivity contribution in [3.8, 4) is 0 Å². The molecule has 6 nitrogen and oxygen atoms in total. The lowest BCUT2D eigenvalue weighted by molar-refractivity contribution is -0.135. The summed E-state index contributed by atoms with van der Waals surface area (Å²) < 4.78 is 0. The predicted molar refractivity (Wildman–Crippen MR) is 144 cm³/mol. The van der Waals surface area contributed by atoms with Crippen molar-refractivity contribution in [2.24, 2.45) is 11.8 Å². The Morgan fingerprint density at radius 3 is 2.33 bits per heavy atom. The van der Waals surface area contributed by atoms with Gasteiger partial charge in [0.25, 0.3) is 5.91 Å². The molecule has 0 bridgehead atoms. The minimum absolute atomic E-state index is 0.00758. The van der Waals surface area contributed by atoms with Gasteiger partial charge in [-0.1, -0.05) is 41.9 Å². The summed E-state index contributed by atoms with van der Waals surface area (Å²) >= 11 is 6.11. The predicted octanol–water partition coefficient (Wildman–Crippen LogP) is 4.74. The molecule has 2 amide bonds. The zero-order chi connectivity index (χ0) is 25.1. The first kappa shape index (κ1) is 24.8. The molecule has 2 saturated heterocycles. The summed E-state index contributed by atoms with van der Waals surface area (Å²) in [6, 6.07) is 16.5. The van der Waals surface area contributed by atoms with E-state index in [0.717, 1.165) is 48.3 Å². The molecule has 2 fully saturated rings. The van der Waals surface area contributed by atoms with Crippen molar-refractivity contribution in [2.45, 2.75) is 38.1 Å². The van der Waals surface area contributed by atoms with Gasteiger partial charge in [0.1, 0.15) is 11.7 Å². The van der Waals surface area contributed by atoms with E-state index < -0.39 is 6.04 Å². The minimum atomic E-state index is -0.616. The van der Waals surface area contributed by atoms with Gasteiger partial charge in [0.2, 0.25) is 5.91 Å². The topological polar surface area (TPSA) is 68.4 Å². The summed E-state index contributed by atoms with van der Waals surface area (Å²) in [5, 5.41) is 4.52. The number of H-pyrrole nitrogens is 1. The Bertz CT molecular complexity index is 1190. The number of carbonyl (C=O) groups excluding carboxylic acids is 2. The van der Waals surface area contributed by atoms with Gasteiger partial charge in [0, 0.05) is 35.4 Å². The smallest absolute Gasteiger partial charge is 0.268 e. The highest BCUT2D eigenvalue weighted by Crippen LogP contribution is 2.32. The molecule has 0 saturated carbocycles. The van der Waals surface area contributed by atoms with Crippen LogP contribution >= 0.6 is 11.6 Å². The van der Waals surface area contributed by atoms with Crippen LogP contribution in [0.25, 0.3) is 10.9 Å². The van der Waals surface area contributed by atoms with E-state index in [9.17, 15) is 9.59 Å². The molecule has 1 atom stereocenters. The Morgan fingerprint density at radius 2 is 1.64 bits per heavy atom. The molecule has 3 aromatic rings. The quantitative estimate of drug-likeness (QED) is 0.507. The van der Waals surface area contributed by atoms with Crippen molar-refractivity contribution in [3.05, 3.63) is 70.9 Å². The van der Waals surface area contributed by atoms with Gasteiger partial charge in [-0.2, -0.15) is 0 Å². The SMILES string of the molecule is CN1CCC(C2CCN(C(=O)[C@@H](Cc3ccccc3)NC(=O)c3cc4cc(Cl)ccc4[nH]3)CC2)CC1. The Balaban J connectivity index is 1.27. The second-order valence-electron chi connectivity index (χ2n) is 10.4. The number of hydrogen-bond acceptors (Lipinski definition) is 3. The molecule has 1 aromatic heterocycles. The number of likely N-dealkylation sites (tertiary alicyclic amines) is 2. The maximum atomic E-state index is 13.7. The van der Waals surface area contributed by atoms with Crippen LogP contribution in [0.3, 0.4) is 0 Å². The first-order valence-corrected chi connectivity index (χ1v) is 13.4. The highest BCUT2D eigenvalue weighted by molar-refractivity contribution is 6.31. The highest BCUT2D eigenvalue weighted by Gasteiger charge is 2.33. The molecular weight excluding hydrogens is 472 g/mol. The average Bonchev–Trinajstić information content (AvgIpc) is 3.32. The number of amides is 2. The zero-order valence-electron chi connectivity index (χ0n) is 20.9. The molecule has 190 valence electrons. The van der Waals surface area contributed by atoms with Crippen molar-refractivity contribution >= 4 is 34.3 Å². The summed E-state index contributed by atoms with van der Waals surface area (Å²) in [7, 11) is 2.20. The van der Waals surface area contributed by atoms with Gasteiger partial charge in [-0.25, -0.2) is 0 Å². The Hall–Kier alpha value is -2.83.